The summed E-state index contributed by atoms with van der Waals surface area (Å²) in [6, 6.07) is 9.77. The first kappa shape index (κ1) is 18.1. The van der Waals surface area contributed by atoms with Gasteiger partial charge in [0.2, 0.25) is 17.6 Å². The largest absolute Gasteiger partial charge is 0.461 e. The first-order chi connectivity index (χ1) is 13.1. The van der Waals surface area contributed by atoms with Crippen molar-refractivity contribution in [1.29, 1.82) is 0 Å². The number of carbonyl (C=O) groups is 1. The molecule has 140 valence electrons. The van der Waals surface area contributed by atoms with Crippen LogP contribution in [0.3, 0.4) is 0 Å². The topological polar surface area (TPSA) is 136 Å². The highest BCUT2D eigenvalue weighted by Crippen LogP contribution is 2.22. The summed E-state index contributed by atoms with van der Waals surface area (Å²) in [6.07, 6.45) is 2.00. The van der Waals surface area contributed by atoms with Gasteiger partial charge >= 0.3 is 0 Å². The van der Waals surface area contributed by atoms with Gasteiger partial charge in [-0.2, -0.15) is 4.98 Å². The number of anilines is 1. The number of nitrogens with one attached hydrogen (secondary N) is 2. The highest BCUT2D eigenvalue weighted by molar-refractivity contribution is 5.76. The highest BCUT2D eigenvalue weighted by atomic mass is 16.6. The number of rotatable bonds is 9. The normalized spacial score (nSPS) is 10.5. The summed E-state index contributed by atoms with van der Waals surface area (Å²) in [6.45, 7) is 0.687. The van der Waals surface area contributed by atoms with E-state index in [0.29, 0.717) is 42.7 Å². The molecule has 0 aliphatic carbocycles. The van der Waals surface area contributed by atoms with E-state index in [1.807, 2.05) is 0 Å². The Kier molecular flexibility index (Phi) is 5.77. The van der Waals surface area contributed by atoms with Gasteiger partial charge in [0.05, 0.1) is 11.2 Å². The molecule has 0 aliphatic heterocycles. The van der Waals surface area contributed by atoms with Gasteiger partial charge in [-0.1, -0.05) is 17.3 Å². The molecule has 1 amide bonds. The van der Waals surface area contributed by atoms with Crippen LogP contribution in [0.25, 0.3) is 11.6 Å². The fourth-order valence-electron chi connectivity index (χ4n) is 2.35. The number of para-hydroxylation sites is 2. The Labute approximate surface area is 153 Å². The minimum absolute atomic E-state index is 0.00687. The number of hydrogen-bond acceptors (Lipinski definition) is 8. The Morgan fingerprint density at radius 3 is 2.81 bits per heavy atom. The monoisotopic (exact) mass is 371 g/mol. The predicted molar refractivity (Wildman–Crippen MR) is 94.9 cm³/mol. The molecule has 0 radical (unpaired) electrons. The summed E-state index contributed by atoms with van der Waals surface area (Å²) in [5.41, 5.74) is 0.403. The van der Waals surface area contributed by atoms with Gasteiger partial charge in [0.1, 0.15) is 5.69 Å². The SMILES string of the molecule is O=C(CCc1nc(-c2ccco2)no1)NCCNc1ccccc1[N+](=O)[O-]. The van der Waals surface area contributed by atoms with E-state index in [-0.39, 0.29) is 18.0 Å². The third kappa shape index (κ3) is 4.91. The van der Waals surface area contributed by atoms with Crippen LogP contribution in [0.2, 0.25) is 0 Å². The fraction of sp³-hybridized carbons (Fsp3) is 0.235. The van der Waals surface area contributed by atoms with Crippen LogP contribution in [-0.4, -0.2) is 34.1 Å². The van der Waals surface area contributed by atoms with Gasteiger partial charge < -0.3 is 19.6 Å². The lowest BCUT2D eigenvalue weighted by Gasteiger charge is -2.08. The van der Waals surface area contributed by atoms with E-state index in [1.165, 1.54) is 12.3 Å². The van der Waals surface area contributed by atoms with Crippen LogP contribution in [0.4, 0.5) is 11.4 Å². The Hall–Kier alpha value is -3.69. The molecule has 0 spiro atoms. The third-order valence-corrected chi connectivity index (χ3v) is 3.64. The van der Waals surface area contributed by atoms with Crippen LogP contribution in [-0.2, 0) is 11.2 Å². The second-order valence-electron chi connectivity index (χ2n) is 5.54. The average molecular weight is 371 g/mol. The van der Waals surface area contributed by atoms with Crippen LogP contribution in [0.15, 0.2) is 51.6 Å². The van der Waals surface area contributed by atoms with Gasteiger partial charge in [-0.05, 0) is 18.2 Å². The quantitative estimate of drug-likeness (QED) is 0.332. The molecule has 10 nitrogen and oxygen atoms in total. The third-order valence-electron chi connectivity index (χ3n) is 3.64. The molecule has 27 heavy (non-hydrogen) atoms. The first-order valence-corrected chi connectivity index (χ1v) is 8.24. The Bertz CT molecular complexity index is 906. The molecular weight excluding hydrogens is 354 g/mol. The van der Waals surface area contributed by atoms with E-state index < -0.39 is 4.92 Å². The van der Waals surface area contributed by atoms with Crippen molar-refractivity contribution in [3.8, 4) is 11.6 Å². The summed E-state index contributed by atoms with van der Waals surface area (Å²) in [5, 5.41) is 20.4. The van der Waals surface area contributed by atoms with Gasteiger partial charge in [0.15, 0.2) is 5.76 Å². The summed E-state index contributed by atoms with van der Waals surface area (Å²) in [7, 11) is 0. The molecule has 0 fully saturated rings. The van der Waals surface area contributed by atoms with Gasteiger partial charge in [0.25, 0.3) is 5.69 Å². The van der Waals surface area contributed by atoms with E-state index in [0.717, 1.165) is 0 Å². The van der Waals surface area contributed by atoms with E-state index >= 15 is 0 Å². The molecule has 2 N–H and O–H groups in total. The van der Waals surface area contributed by atoms with E-state index in [1.54, 1.807) is 30.3 Å². The van der Waals surface area contributed by atoms with E-state index in [4.69, 9.17) is 8.94 Å². The second-order valence-corrected chi connectivity index (χ2v) is 5.54. The van der Waals surface area contributed by atoms with Gasteiger partial charge in [-0.3, -0.25) is 14.9 Å². The van der Waals surface area contributed by atoms with Crippen LogP contribution in [0, 0.1) is 10.1 Å². The molecule has 10 heteroatoms. The maximum absolute atomic E-state index is 11.9. The first-order valence-electron chi connectivity index (χ1n) is 8.24. The van der Waals surface area contributed by atoms with Crippen molar-refractivity contribution in [3.63, 3.8) is 0 Å². The molecule has 0 aliphatic rings. The zero-order valence-corrected chi connectivity index (χ0v) is 14.3. The predicted octanol–water partition coefficient (Wildman–Crippen LogP) is 2.40. The number of aryl methyl sites for hydroxylation is 1. The number of nitro benzene ring substituents is 1. The highest BCUT2D eigenvalue weighted by Gasteiger charge is 2.13. The number of amides is 1. The zero-order valence-electron chi connectivity index (χ0n) is 14.3. The molecule has 0 bridgehead atoms. The number of nitrogens with zero attached hydrogens (tertiary/aromatic N) is 3. The molecule has 1 aromatic carbocycles. The molecular formula is C17H17N5O5. The smallest absolute Gasteiger partial charge is 0.292 e. The molecule has 2 heterocycles. The lowest BCUT2D eigenvalue weighted by atomic mass is 10.2. The van der Waals surface area contributed by atoms with Crippen LogP contribution in [0.1, 0.15) is 12.3 Å². The molecule has 2 aromatic heterocycles. The second kappa shape index (κ2) is 8.61. The van der Waals surface area contributed by atoms with E-state index in [2.05, 4.69) is 20.8 Å². The minimum atomic E-state index is -0.456. The standard InChI is InChI=1S/C17H17N5O5/c23-15(7-8-16-20-17(21-27-16)14-6-3-11-26-14)19-10-9-18-12-4-1-2-5-13(12)22(24)25/h1-6,11,18H,7-10H2,(H,19,23). The van der Waals surface area contributed by atoms with E-state index in [9.17, 15) is 14.9 Å². The van der Waals surface area contributed by atoms with Crippen molar-refractivity contribution in [2.75, 3.05) is 18.4 Å². The summed E-state index contributed by atoms with van der Waals surface area (Å²) in [4.78, 5) is 26.5. The minimum Gasteiger partial charge on any atom is -0.461 e. The molecule has 0 saturated heterocycles. The Morgan fingerprint density at radius 2 is 2.04 bits per heavy atom. The molecule has 3 aromatic rings. The van der Waals surface area contributed by atoms with Crippen molar-refractivity contribution in [3.05, 3.63) is 58.7 Å². The summed E-state index contributed by atoms with van der Waals surface area (Å²) in [5.74, 6) is 0.992. The zero-order chi connectivity index (χ0) is 19.1. The van der Waals surface area contributed by atoms with Crippen LogP contribution >= 0.6 is 0 Å². The van der Waals surface area contributed by atoms with Gasteiger partial charge in [0, 0.05) is 32.0 Å². The van der Waals surface area contributed by atoms with Crippen LogP contribution in [0.5, 0.6) is 0 Å². The number of carbonyl (C=O) groups excluding carboxylic acids is 1. The average Bonchev–Trinajstić information content (AvgIpc) is 3.35. The number of furan rings is 1. The molecule has 3 rings (SSSR count). The number of benzene rings is 1. The van der Waals surface area contributed by atoms with Crippen molar-refractivity contribution in [1.82, 2.24) is 15.5 Å². The maximum Gasteiger partial charge on any atom is 0.292 e. The van der Waals surface area contributed by atoms with Crippen molar-refractivity contribution >= 4 is 17.3 Å². The lowest BCUT2D eigenvalue weighted by Crippen LogP contribution is -2.29. The van der Waals surface area contributed by atoms with Gasteiger partial charge in [-0.15, -0.1) is 0 Å². The number of hydrogen-bond donors (Lipinski definition) is 2. The lowest BCUT2D eigenvalue weighted by molar-refractivity contribution is -0.384. The van der Waals surface area contributed by atoms with Gasteiger partial charge in [-0.25, -0.2) is 0 Å². The van der Waals surface area contributed by atoms with Crippen LogP contribution < -0.4 is 10.6 Å². The summed E-state index contributed by atoms with van der Waals surface area (Å²) < 4.78 is 10.3. The number of nitro groups is 1. The molecule has 0 unspecified atom stereocenters. The van der Waals surface area contributed by atoms with Crippen molar-refractivity contribution in [2.45, 2.75) is 12.8 Å². The Morgan fingerprint density at radius 1 is 1.19 bits per heavy atom. The molecule has 0 atom stereocenters. The molecule has 0 saturated carbocycles. The van der Waals surface area contributed by atoms with Crippen molar-refractivity contribution in [2.24, 2.45) is 0 Å². The van der Waals surface area contributed by atoms with Crippen molar-refractivity contribution < 1.29 is 18.7 Å². The number of aromatic nitrogens is 2. The fourth-order valence-corrected chi connectivity index (χ4v) is 2.35. The Balaban J connectivity index is 1.39. The summed E-state index contributed by atoms with van der Waals surface area (Å²) >= 11 is 0. The maximum atomic E-state index is 11.9.